The van der Waals surface area contributed by atoms with Gasteiger partial charge in [0.25, 0.3) is 5.91 Å². The number of hydrogen-bond donors (Lipinski definition) is 3. The summed E-state index contributed by atoms with van der Waals surface area (Å²) >= 11 is 0. The number of amides is 3. The molecule has 4 N–H and O–H groups in total. The van der Waals surface area contributed by atoms with Crippen LogP contribution in [0.4, 0.5) is 0 Å². The molecule has 0 heterocycles. The van der Waals surface area contributed by atoms with Crippen LogP contribution in [-0.2, 0) is 46.5 Å². The van der Waals surface area contributed by atoms with E-state index >= 15 is 0 Å². The van der Waals surface area contributed by atoms with Gasteiger partial charge in [-0.15, -0.1) is 0 Å². The van der Waals surface area contributed by atoms with Crippen molar-refractivity contribution in [1.82, 2.24) is 10.6 Å². The quantitative estimate of drug-likeness (QED) is 0.121. The predicted octanol–water partition coefficient (Wildman–Crippen LogP) is 4.84. The second-order valence-electron chi connectivity index (χ2n) is 13.3. The van der Waals surface area contributed by atoms with Crippen molar-refractivity contribution < 1.29 is 33.5 Å². The maximum Gasteiger partial charge on any atom is 0.306 e. The number of ether oxygens (including phenoxy) is 1. The molecule has 0 spiro atoms. The molecule has 0 saturated carbocycles. The zero-order valence-corrected chi connectivity index (χ0v) is 29.1. The van der Waals surface area contributed by atoms with Gasteiger partial charge in [0.1, 0.15) is 6.61 Å². The number of fused-ring (bicyclic) bond motifs is 1. The number of ketones is 2. The Hall–Kier alpha value is -4.86. The summed E-state index contributed by atoms with van der Waals surface area (Å²) in [6.07, 6.45) is 0.676. The highest BCUT2D eigenvalue weighted by Crippen LogP contribution is 2.21. The molecule has 5 atom stereocenters. The van der Waals surface area contributed by atoms with Crippen molar-refractivity contribution in [3.63, 3.8) is 0 Å². The van der Waals surface area contributed by atoms with Gasteiger partial charge in [-0.2, -0.15) is 0 Å². The first-order chi connectivity index (χ1) is 23.3. The number of hydrogen-bond acceptors (Lipinski definition) is 7. The Balaban J connectivity index is 1.63. The number of nitrogens with one attached hydrogen (secondary N) is 2. The zero-order valence-electron chi connectivity index (χ0n) is 29.1. The van der Waals surface area contributed by atoms with Crippen molar-refractivity contribution in [2.75, 3.05) is 0 Å². The van der Waals surface area contributed by atoms with Gasteiger partial charge < -0.3 is 21.1 Å². The molecule has 3 rings (SSSR count). The topological polar surface area (TPSA) is 162 Å². The first-order valence-electron chi connectivity index (χ1n) is 16.9. The average molecular weight is 672 g/mol. The Bertz CT molecular complexity index is 1620. The maximum atomic E-state index is 13.5. The van der Waals surface area contributed by atoms with E-state index in [1.54, 1.807) is 6.92 Å². The summed E-state index contributed by atoms with van der Waals surface area (Å²) in [4.78, 5) is 78.2. The average Bonchev–Trinajstić information content (AvgIpc) is 3.08. The summed E-state index contributed by atoms with van der Waals surface area (Å²) in [7, 11) is 0. The molecule has 0 aliphatic carbocycles. The fourth-order valence-corrected chi connectivity index (χ4v) is 5.66. The first kappa shape index (κ1) is 38.6. The summed E-state index contributed by atoms with van der Waals surface area (Å²) in [6.45, 7) is 8.92. The van der Waals surface area contributed by atoms with Crippen molar-refractivity contribution >= 4 is 46.0 Å². The van der Waals surface area contributed by atoms with E-state index in [4.69, 9.17) is 10.5 Å². The lowest BCUT2D eigenvalue weighted by Gasteiger charge is -2.26. The summed E-state index contributed by atoms with van der Waals surface area (Å²) in [5.74, 6) is -6.05. The third-order valence-electron chi connectivity index (χ3n) is 8.78. The minimum Gasteiger partial charge on any atom is -0.461 e. The van der Waals surface area contributed by atoms with Crippen molar-refractivity contribution in [3.8, 4) is 0 Å². The number of primary amides is 1. The van der Waals surface area contributed by atoms with Crippen LogP contribution in [0.15, 0.2) is 72.8 Å². The van der Waals surface area contributed by atoms with Crippen LogP contribution in [0.3, 0.4) is 0 Å². The minimum absolute atomic E-state index is 0.0658. The molecule has 0 bridgehead atoms. The lowest BCUT2D eigenvalue weighted by Crippen LogP contribution is -2.54. The third-order valence-corrected chi connectivity index (χ3v) is 8.78. The van der Waals surface area contributed by atoms with Gasteiger partial charge >= 0.3 is 5.97 Å². The number of nitrogens with two attached hydrogens (primary N) is 1. The van der Waals surface area contributed by atoms with E-state index < -0.39 is 65.1 Å². The summed E-state index contributed by atoms with van der Waals surface area (Å²) in [5.41, 5.74) is 7.31. The molecule has 49 heavy (non-hydrogen) atoms. The number of Topliss-reactive ketones (excluding diaryl/α,β-unsaturated/α-hetero) is 2. The highest BCUT2D eigenvalue weighted by molar-refractivity contribution is 6.39. The van der Waals surface area contributed by atoms with Crippen LogP contribution < -0.4 is 16.4 Å². The van der Waals surface area contributed by atoms with Crippen LogP contribution in [0.2, 0.25) is 0 Å². The van der Waals surface area contributed by atoms with Gasteiger partial charge in [-0.1, -0.05) is 107 Å². The van der Waals surface area contributed by atoms with Gasteiger partial charge in [0, 0.05) is 18.3 Å². The standard InChI is InChI=1S/C39H49N3O7/c1-6-25(4)35(42-38(47)32(18-24(2)3)22-34(44)49-23-27-12-8-7-9-13-27)36(45)39(48)41-26(5)33(43)21-31(37(40)46)20-28-16-17-29-14-10-11-15-30(29)19-28/h7-17,19,24-26,31-32,35H,6,18,20-23H2,1-5H3,(H2,40,46)(H,41,48)(H,42,47)/t25-,26-,31+,32+,35?/m0/s1. The predicted molar refractivity (Wildman–Crippen MR) is 188 cm³/mol. The van der Waals surface area contributed by atoms with E-state index in [0.717, 1.165) is 21.9 Å². The molecule has 262 valence electrons. The molecule has 0 fully saturated rings. The number of rotatable bonds is 19. The van der Waals surface area contributed by atoms with Crippen molar-refractivity contribution in [3.05, 3.63) is 83.9 Å². The van der Waals surface area contributed by atoms with Crippen molar-refractivity contribution in [2.45, 2.75) is 85.4 Å². The molecule has 0 radical (unpaired) electrons. The fourth-order valence-electron chi connectivity index (χ4n) is 5.66. The van der Waals surface area contributed by atoms with E-state index in [0.29, 0.717) is 12.8 Å². The molecule has 1 unspecified atom stereocenters. The van der Waals surface area contributed by atoms with Crippen LogP contribution in [0.1, 0.15) is 71.4 Å². The van der Waals surface area contributed by atoms with Crippen LogP contribution in [0.5, 0.6) is 0 Å². The van der Waals surface area contributed by atoms with E-state index in [9.17, 15) is 28.8 Å². The van der Waals surface area contributed by atoms with Crippen molar-refractivity contribution in [2.24, 2.45) is 29.4 Å². The molecule has 0 aliphatic rings. The molecule has 10 nitrogen and oxygen atoms in total. The second kappa shape index (κ2) is 18.6. The van der Waals surface area contributed by atoms with Gasteiger partial charge in [-0.25, -0.2) is 0 Å². The molecule has 0 saturated heterocycles. The van der Waals surface area contributed by atoms with Gasteiger partial charge in [-0.05, 0) is 53.5 Å². The van der Waals surface area contributed by atoms with Gasteiger partial charge in [0.05, 0.1) is 18.5 Å². The summed E-state index contributed by atoms with van der Waals surface area (Å²) in [6, 6.07) is 20.5. The SMILES string of the molecule is CC[C@H](C)C(NC(=O)[C@@H](CC(=O)OCc1ccccc1)CC(C)C)C(=O)C(=O)N[C@@H](C)C(=O)C[C@@H](Cc1ccc2ccccc2c1)C(N)=O. The number of esters is 1. The Morgan fingerprint density at radius 1 is 0.755 bits per heavy atom. The molecule has 3 amide bonds. The molecule has 0 aromatic heterocycles. The molecular weight excluding hydrogens is 622 g/mol. The maximum absolute atomic E-state index is 13.5. The normalized spacial score (nSPS) is 14.2. The zero-order chi connectivity index (χ0) is 36.1. The lowest BCUT2D eigenvalue weighted by atomic mass is 9.90. The molecule has 3 aromatic rings. The van der Waals surface area contributed by atoms with E-state index in [-0.39, 0.29) is 31.8 Å². The lowest BCUT2D eigenvalue weighted by molar-refractivity contribution is -0.149. The molecule has 0 aliphatic heterocycles. The minimum atomic E-state index is -1.18. The van der Waals surface area contributed by atoms with Crippen LogP contribution >= 0.6 is 0 Å². The fraction of sp³-hybridized carbons (Fsp3) is 0.436. The second-order valence-corrected chi connectivity index (χ2v) is 13.3. The highest BCUT2D eigenvalue weighted by atomic mass is 16.5. The van der Waals surface area contributed by atoms with E-state index in [2.05, 4.69) is 10.6 Å². The number of benzene rings is 3. The largest absolute Gasteiger partial charge is 0.461 e. The first-order valence-corrected chi connectivity index (χ1v) is 16.9. The van der Waals surface area contributed by atoms with Crippen molar-refractivity contribution in [1.29, 1.82) is 0 Å². The highest BCUT2D eigenvalue weighted by Gasteiger charge is 2.35. The Morgan fingerprint density at radius 2 is 1.41 bits per heavy atom. The Morgan fingerprint density at radius 3 is 2.04 bits per heavy atom. The molecular formula is C39H49N3O7. The molecule has 3 aromatic carbocycles. The van der Waals surface area contributed by atoms with Crippen LogP contribution in [-0.4, -0.2) is 47.3 Å². The van der Waals surface area contributed by atoms with Gasteiger partial charge in [0.2, 0.25) is 17.6 Å². The van der Waals surface area contributed by atoms with Gasteiger partial charge in [0.15, 0.2) is 5.78 Å². The smallest absolute Gasteiger partial charge is 0.306 e. The van der Waals surface area contributed by atoms with E-state index in [1.165, 1.54) is 6.92 Å². The number of carbonyl (C=O) groups is 6. The van der Waals surface area contributed by atoms with Crippen LogP contribution in [0, 0.1) is 23.7 Å². The Labute approximate surface area is 288 Å². The number of carbonyl (C=O) groups excluding carboxylic acids is 6. The monoisotopic (exact) mass is 671 g/mol. The van der Waals surface area contributed by atoms with E-state index in [1.807, 2.05) is 93.6 Å². The third kappa shape index (κ3) is 12.0. The molecule has 10 heteroatoms. The van der Waals surface area contributed by atoms with Crippen LogP contribution in [0.25, 0.3) is 10.8 Å². The summed E-state index contributed by atoms with van der Waals surface area (Å²) in [5, 5.41) is 7.21. The summed E-state index contributed by atoms with van der Waals surface area (Å²) < 4.78 is 5.40. The van der Waals surface area contributed by atoms with Gasteiger partial charge in [-0.3, -0.25) is 28.8 Å². The Kier molecular flexibility index (Phi) is 14.7.